The van der Waals surface area contributed by atoms with Crippen LogP contribution in [0, 0.1) is 5.92 Å². The largest absolute Gasteiger partial charge is 0.480 e. The fourth-order valence-electron chi connectivity index (χ4n) is 2.65. The van der Waals surface area contributed by atoms with Crippen LogP contribution in [0.3, 0.4) is 0 Å². The van der Waals surface area contributed by atoms with Crippen molar-refractivity contribution in [2.24, 2.45) is 5.92 Å². The lowest BCUT2D eigenvalue weighted by Gasteiger charge is -2.36. The SMILES string of the molecule is CCCCN(CC)CC(NCCC)(C(=O)O)C1CC1. The van der Waals surface area contributed by atoms with Gasteiger partial charge in [-0.3, -0.25) is 4.79 Å². The first-order valence-electron chi connectivity index (χ1n) is 7.81. The molecule has 1 aliphatic rings. The minimum Gasteiger partial charge on any atom is -0.480 e. The summed E-state index contributed by atoms with van der Waals surface area (Å²) in [6, 6.07) is 0. The van der Waals surface area contributed by atoms with Crippen molar-refractivity contribution >= 4 is 5.97 Å². The molecule has 0 amide bonds. The normalized spacial score (nSPS) is 18.5. The number of rotatable bonds is 11. The van der Waals surface area contributed by atoms with E-state index in [1.165, 1.54) is 0 Å². The summed E-state index contributed by atoms with van der Waals surface area (Å²) in [5.41, 5.74) is -0.722. The van der Waals surface area contributed by atoms with Crippen LogP contribution < -0.4 is 5.32 Å². The maximum atomic E-state index is 11.8. The van der Waals surface area contributed by atoms with E-state index >= 15 is 0 Å². The molecule has 1 atom stereocenters. The van der Waals surface area contributed by atoms with E-state index in [9.17, 15) is 9.90 Å². The third kappa shape index (κ3) is 4.46. The van der Waals surface area contributed by atoms with Crippen LogP contribution in [0.25, 0.3) is 0 Å². The van der Waals surface area contributed by atoms with Gasteiger partial charge in [-0.25, -0.2) is 0 Å². The van der Waals surface area contributed by atoms with Gasteiger partial charge in [-0.2, -0.15) is 0 Å². The zero-order valence-corrected chi connectivity index (χ0v) is 12.7. The number of hydrogen-bond donors (Lipinski definition) is 2. The van der Waals surface area contributed by atoms with Crippen LogP contribution in [0.4, 0.5) is 0 Å². The van der Waals surface area contributed by atoms with Crippen LogP contribution >= 0.6 is 0 Å². The Bertz CT molecular complexity index is 279. The standard InChI is InChI=1S/C15H30N2O2/c1-4-7-11-17(6-3)12-15(14(18)19,13-8-9-13)16-10-5-2/h13,16H,4-12H2,1-3H3,(H,18,19). The summed E-state index contributed by atoms with van der Waals surface area (Å²) in [5.74, 6) is -0.356. The molecule has 2 N–H and O–H groups in total. The molecule has 0 aromatic heterocycles. The second-order valence-corrected chi connectivity index (χ2v) is 5.70. The van der Waals surface area contributed by atoms with Gasteiger partial charge in [0.15, 0.2) is 0 Å². The number of carbonyl (C=O) groups is 1. The van der Waals surface area contributed by atoms with Gasteiger partial charge in [-0.05, 0) is 51.2 Å². The Balaban J connectivity index is 2.73. The van der Waals surface area contributed by atoms with Crippen molar-refractivity contribution in [3.8, 4) is 0 Å². The van der Waals surface area contributed by atoms with Gasteiger partial charge in [0.1, 0.15) is 5.54 Å². The topological polar surface area (TPSA) is 52.6 Å². The summed E-state index contributed by atoms with van der Waals surface area (Å²) in [6.07, 6.45) is 5.37. The first-order chi connectivity index (χ1) is 9.10. The molecule has 112 valence electrons. The number of likely N-dealkylation sites (N-methyl/N-ethyl adjacent to an activating group) is 1. The van der Waals surface area contributed by atoms with Gasteiger partial charge < -0.3 is 15.3 Å². The number of carboxylic acid groups (broad SMARTS) is 1. The third-order valence-corrected chi connectivity index (χ3v) is 4.09. The van der Waals surface area contributed by atoms with Crippen molar-refractivity contribution < 1.29 is 9.90 Å². The Morgan fingerprint density at radius 1 is 1.32 bits per heavy atom. The van der Waals surface area contributed by atoms with Crippen molar-refractivity contribution in [1.29, 1.82) is 0 Å². The minimum absolute atomic E-state index is 0.312. The lowest BCUT2D eigenvalue weighted by Crippen LogP contribution is -2.61. The Morgan fingerprint density at radius 3 is 2.42 bits per heavy atom. The van der Waals surface area contributed by atoms with E-state index in [1.807, 2.05) is 0 Å². The molecule has 4 heteroatoms. The molecule has 1 saturated carbocycles. The molecule has 1 unspecified atom stereocenters. The molecule has 0 saturated heterocycles. The van der Waals surface area contributed by atoms with Crippen molar-refractivity contribution in [2.45, 2.75) is 58.4 Å². The van der Waals surface area contributed by atoms with E-state index in [1.54, 1.807) is 0 Å². The minimum atomic E-state index is -0.722. The van der Waals surface area contributed by atoms with Gasteiger partial charge in [-0.15, -0.1) is 0 Å². The summed E-state index contributed by atoms with van der Waals surface area (Å²) >= 11 is 0. The second kappa shape index (κ2) is 7.85. The van der Waals surface area contributed by atoms with Gasteiger partial charge in [0.05, 0.1) is 0 Å². The molecule has 19 heavy (non-hydrogen) atoms. The lowest BCUT2D eigenvalue weighted by atomic mass is 9.91. The number of nitrogens with one attached hydrogen (secondary N) is 1. The lowest BCUT2D eigenvalue weighted by molar-refractivity contribution is -0.147. The summed E-state index contributed by atoms with van der Waals surface area (Å²) in [7, 11) is 0. The molecule has 0 aliphatic heterocycles. The monoisotopic (exact) mass is 270 g/mol. The van der Waals surface area contributed by atoms with Gasteiger partial charge >= 0.3 is 5.97 Å². The predicted octanol–water partition coefficient (Wildman–Crippen LogP) is 2.34. The molecule has 1 aliphatic carbocycles. The average Bonchev–Trinajstić information content (AvgIpc) is 3.22. The Labute approximate surface area is 117 Å². The molecule has 0 radical (unpaired) electrons. The van der Waals surface area contributed by atoms with Crippen LogP contribution in [-0.2, 0) is 4.79 Å². The van der Waals surface area contributed by atoms with Crippen LogP contribution in [-0.4, -0.2) is 47.7 Å². The molecule has 0 aromatic carbocycles. The van der Waals surface area contributed by atoms with Crippen molar-refractivity contribution in [3.63, 3.8) is 0 Å². The molecule has 1 fully saturated rings. The number of aliphatic carboxylic acids is 1. The van der Waals surface area contributed by atoms with Gasteiger partial charge in [-0.1, -0.05) is 27.2 Å². The first kappa shape index (κ1) is 16.4. The highest BCUT2D eigenvalue weighted by Crippen LogP contribution is 2.40. The summed E-state index contributed by atoms with van der Waals surface area (Å²) < 4.78 is 0. The van der Waals surface area contributed by atoms with Crippen LogP contribution in [0.1, 0.15) is 52.9 Å². The maximum absolute atomic E-state index is 11.8. The summed E-state index contributed by atoms with van der Waals surface area (Å²) in [6.45, 7) is 9.74. The zero-order chi connectivity index (χ0) is 14.3. The van der Waals surface area contributed by atoms with Gasteiger partial charge in [0, 0.05) is 6.54 Å². The maximum Gasteiger partial charge on any atom is 0.325 e. The molecule has 4 nitrogen and oxygen atoms in total. The Kier molecular flexibility index (Phi) is 6.80. The summed E-state index contributed by atoms with van der Waals surface area (Å²) in [5, 5.41) is 13.1. The number of unbranched alkanes of at least 4 members (excludes halogenated alkanes) is 1. The highest BCUT2D eigenvalue weighted by atomic mass is 16.4. The van der Waals surface area contributed by atoms with E-state index in [4.69, 9.17) is 0 Å². The smallest absolute Gasteiger partial charge is 0.325 e. The molecule has 0 bridgehead atoms. The Morgan fingerprint density at radius 2 is 2.00 bits per heavy atom. The molecular weight excluding hydrogens is 240 g/mol. The van der Waals surface area contributed by atoms with Crippen molar-refractivity contribution in [1.82, 2.24) is 10.2 Å². The van der Waals surface area contributed by atoms with E-state index in [-0.39, 0.29) is 0 Å². The van der Waals surface area contributed by atoms with Crippen LogP contribution in [0.2, 0.25) is 0 Å². The van der Waals surface area contributed by atoms with Gasteiger partial charge in [0.2, 0.25) is 0 Å². The molecule has 1 rings (SSSR count). The van der Waals surface area contributed by atoms with E-state index in [2.05, 4.69) is 31.0 Å². The number of carboxylic acids is 1. The van der Waals surface area contributed by atoms with Crippen molar-refractivity contribution in [3.05, 3.63) is 0 Å². The third-order valence-electron chi connectivity index (χ3n) is 4.09. The predicted molar refractivity (Wildman–Crippen MR) is 78.4 cm³/mol. The van der Waals surface area contributed by atoms with Gasteiger partial charge in [0.25, 0.3) is 0 Å². The zero-order valence-electron chi connectivity index (χ0n) is 12.7. The summed E-state index contributed by atoms with van der Waals surface area (Å²) in [4.78, 5) is 14.1. The van der Waals surface area contributed by atoms with E-state index in [0.717, 1.165) is 51.7 Å². The Hall–Kier alpha value is -0.610. The molecule has 0 spiro atoms. The van der Waals surface area contributed by atoms with Crippen LogP contribution in [0.5, 0.6) is 0 Å². The fraction of sp³-hybridized carbons (Fsp3) is 0.933. The van der Waals surface area contributed by atoms with E-state index in [0.29, 0.717) is 12.5 Å². The highest BCUT2D eigenvalue weighted by molar-refractivity contribution is 5.80. The molecule has 0 heterocycles. The fourth-order valence-corrected chi connectivity index (χ4v) is 2.65. The number of hydrogen-bond acceptors (Lipinski definition) is 3. The van der Waals surface area contributed by atoms with E-state index < -0.39 is 11.5 Å². The second-order valence-electron chi connectivity index (χ2n) is 5.70. The molecular formula is C15H30N2O2. The first-order valence-corrected chi connectivity index (χ1v) is 7.81. The highest BCUT2D eigenvalue weighted by Gasteiger charge is 2.51. The van der Waals surface area contributed by atoms with Crippen LogP contribution in [0.15, 0.2) is 0 Å². The molecule has 0 aromatic rings. The van der Waals surface area contributed by atoms with Crippen molar-refractivity contribution in [2.75, 3.05) is 26.2 Å². The quantitative estimate of drug-likeness (QED) is 0.605. The number of nitrogens with zero attached hydrogens (tertiary/aromatic N) is 1. The average molecular weight is 270 g/mol.